The van der Waals surface area contributed by atoms with Crippen LogP contribution in [-0.4, -0.2) is 39.3 Å². The Hall–Kier alpha value is -3.42. The van der Waals surface area contributed by atoms with Gasteiger partial charge in [0, 0.05) is 0 Å². The molecule has 2 aromatic carbocycles. The lowest BCUT2D eigenvalue weighted by atomic mass is 9.83. The number of rotatable bonds is 7. The number of halogens is 1. The summed E-state index contributed by atoms with van der Waals surface area (Å²) >= 11 is 0. The molecule has 31 heavy (non-hydrogen) atoms. The molecule has 0 spiro atoms. The Kier molecular flexibility index (Phi) is 6.16. The summed E-state index contributed by atoms with van der Waals surface area (Å²) in [6.07, 6.45) is 3.20. The molecule has 0 saturated heterocycles. The van der Waals surface area contributed by atoms with E-state index in [9.17, 15) is 14.3 Å². The second kappa shape index (κ2) is 9.16. The zero-order valence-electron chi connectivity index (χ0n) is 17.2. The van der Waals surface area contributed by atoms with Crippen LogP contribution in [0.3, 0.4) is 0 Å². The average Bonchev–Trinajstić information content (AvgIpc) is 3.18. The van der Waals surface area contributed by atoms with Gasteiger partial charge in [0.25, 0.3) is 0 Å². The summed E-state index contributed by atoms with van der Waals surface area (Å²) in [7, 11) is 1.60. The van der Waals surface area contributed by atoms with E-state index < -0.39 is 5.97 Å². The number of ether oxygens (including phenoxy) is 2. The summed E-state index contributed by atoms with van der Waals surface area (Å²) in [4.78, 5) is 11.6. The first-order valence-corrected chi connectivity index (χ1v) is 10.3. The first-order chi connectivity index (χ1) is 15.0. The Morgan fingerprint density at radius 3 is 2.39 bits per heavy atom. The molecule has 1 fully saturated rings. The number of carboxylic acid groups (broad SMARTS) is 1. The van der Waals surface area contributed by atoms with Crippen LogP contribution >= 0.6 is 0 Å². The number of hydrogen-bond acceptors (Lipinski definition) is 5. The molecule has 0 unspecified atom stereocenters. The third-order valence-corrected chi connectivity index (χ3v) is 5.68. The summed E-state index contributed by atoms with van der Waals surface area (Å²) < 4.78 is 25.9. The van der Waals surface area contributed by atoms with Crippen molar-refractivity contribution in [2.75, 3.05) is 7.11 Å². The molecule has 1 N–H and O–H groups in total. The molecule has 1 aliphatic rings. The number of hydrogen-bond donors (Lipinski definition) is 1. The molecule has 0 atom stereocenters. The highest BCUT2D eigenvalue weighted by atomic mass is 19.1. The second-order valence-electron chi connectivity index (χ2n) is 7.70. The molecule has 4 rings (SSSR count). The maximum Gasteiger partial charge on any atom is 0.362 e. The van der Waals surface area contributed by atoms with Crippen LogP contribution in [0, 0.1) is 5.82 Å². The van der Waals surface area contributed by atoms with Crippen LogP contribution in [0.15, 0.2) is 48.5 Å². The van der Waals surface area contributed by atoms with Gasteiger partial charge in [-0.05, 0) is 67.0 Å². The predicted molar refractivity (Wildman–Crippen MR) is 111 cm³/mol. The molecule has 0 amide bonds. The summed E-state index contributed by atoms with van der Waals surface area (Å²) in [5.41, 5.74) is 1.86. The molecule has 0 radical (unpaired) electrons. The van der Waals surface area contributed by atoms with E-state index in [-0.39, 0.29) is 23.5 Å². The molecule has 1 aliphatic carbocycles. The molecule has 8 heteroatoms. The third kappa shape index (κ3) is 4.84. The summed E-state index contributed by atoms with van der Waals surface area (Å²) in [5, 5.41) is 17.3. The van der Waals surface area contributed by atoms with E-state index in [1.54, 1.807) is 7.11 Å². The van der Waals surface area contributed by atoms with Crippen LogP contribution in [0.25, 0.3) is 0 Å². The van der Waals surface area contributed by atoms with Gasteiger partial charge < -0.3 is 14.6 Å². The van der Waals surface area contributed by atoms with Crippen molar-refractivity contribution in [2.24, 2.45) is 0 Å². The van der Waals surface area contributed by atoms with E-state index in [1.807, 2.05) is 36.4 Å². The molecule has 0 bridgehead atoms. The quantitative estimate of drug-likeness (QED) is 0.608. The van der Waals surface area contributed by atoms with Crippen molar-refractivity contribution < 1.29 is 23.8 Å². The lowest BCUT2D eigenvalue weighted by molar-refractivity contribution is 0.0676. The highest BCUT2D eigenvalue weighted by molar-refractivity contribution is 5.87. The van der Waals surface area contributed by atoms with E-state index >= 15 is 0 Å². The van der Waals surface area contributed by atoms with Gasteiger partial charge in [-0.15, -0.1) is 5.10 Å². The van der Waals surface area contributed by atoms with Crippen molar-refractivity contribution in [1.29, 1.82) is 0 Å². The highest BCUT2D eigenvalue weighted by Gasteiger charge is 2.28. The maximum absolute atomic E-state index is 13.2. The first kappa shape index (κ1) is 20.8. The largest absolute Gasteiger partial charge is 0.497 e. The smallest absolute Gasteiger partial charge is 0.362 e. The molecule has 1 saturated carbocycles. The van der Waals surface area contributed by atoms with Crippen molar-refractivity contribution in [2.45, 2.75) is 44.2 Å². The molecular formula is C23H24FN3O4. The van der Waals surface area contributed by atoms with Gasteiger partial charge in [-0.2, -0.15) is 0 Å². The zero-order chi connectivity index (χ0) is 21.8. The Bertz CT molecular complexity index is 1030. The topological polar surface area (TPSA) is 86.5 Å². The molecule has 1 heterocycles. The fourth-order valence-electron chi connectivity index (χ4n) is 3.97. The van der Waals surface area contributed by atoms with Gasteiger partial charge >= 0.3 is 5.97 Å². The number of methoxy groups -OCH3 is 1. The van der Waals surface area contributed by atoms with Gasteiger partial charge in [-0.3, -0.25) is 0 Å². The molecule has 3 aromatic rings. The van der Waals surface area contributed by atoms with E-state index in [1.165, 1.54) is 16.8 Å². The van der Waals surface area contributed by atoms with E-state index in [2.05, 4.69) is 10.3 Å². The second-order valence-corrected chi connectivity index (χ2v) is 7.70. The van der Waals surface area contributed by atoms with Gasteiger partial charge in [-0.1, -0.05) is 29.5 Å². The number of aromatic carboxylic acids is 1. The van der Waals surface area contributed by atoms with Crippen LogP contribution in [0.4, 0.5) is 4.39 Å². The van der Waals surface area contributed by atoms with E-state index in [0.29, 0.717) is 12.5 Å². The number of aromatic nitrogens is 3. The van der Waals surface area contributed by atoms with Crippen molar-refractivity contribution in [3.05, 3.63) is 71.2 Å². The van der Waals surface area contributed by atoms with Crippen LogP contribution in [-0.2, 0) is 6.54 Å². The average molecular weight is 425 g/mol. The van der Waals surface area contributed by atoms with Crippen molar-refractivity contribution in [1.82, 2.24) is 15.0 Å². The fourth-order valence-corrected chi connectivity index (χ4v) is 3.97. The summed E-state index contributed by atoms with van der Waals surface area (Å²) in [5.74, 6) is -0.145. The van der Waals surface area contributed by atoms with E-state index in [0.717, 1.165) is 42.6 Å². The van der Waals surface area contributed by atoms with Gasteiger partial charge in [0.15, 0.2) is 0 Å². The lowest BCUT2D eigenvalue weighted by Crippen LogP contribution is -2.25. The Morgan fingerprint density at radius 2 is 1.77 bits per heavy atom. The van der Waals surface area contributed by atoms with Crippen molar-refractivity contribution in [3.63, 3.8) is 0 Å². The minimum absolute atomic E-state index is 0.122. The maximum atomic E-state index is 13.2. The van der Waals surface area contributed by atoms with Gasteiger partial charge in [0.05, 0.1) is 13.7 Å². The van der Waals surface area contributed by atoms with E-state index in [4.69, 9.17) is 9.47 Å². The number of nitrogens with zero attached hydrogens (tertiary/aromatic N) is 3. The third-order valence-electron chi connectivity index (χ3n) is 5.68. The molecule has 162 valence electrons. The number of carbonyl (C=O) groups is 1. The van der Waals surface area contributed by atoms with Gasteiger partial charge in [-0.25, -0.2) is 13.9 Å². The standard InChI is InChI=1S/C23H24FN3O4/c1-30-19-10-2-15(3-11-19)14-27-22(21(23(28)29)25-26-27)31-20-12-6-17(7-13-20)16-4-8-18(24)9-5-16/h2-5,8-11,17,20H,6-7,12-14H2,1H3,(H,28,29)/t17-,20-. The molecule has 1 aromatic heterocycles. The van der Waals surface area contributed by atoms with Crippen molar-refractivity contribution >= 4 is 5.97 Å². The van der Waals surface area contributed by atoms with Crippen LogP contribution in [0.1, 0.15) is 53.2 Å². The Labute approximate surface area is 179 Å². The van der Waals surface area contributed by atoms with Gasteiger partial charge in [0.2, 0.25) is 11.6 Å². The Morgan fingerprint density at radius 1 is 1.10 bits per heavy atom. The lowest BCUT2D eigenvalue weighted by Gasteiger charge is -2.29. The molecular weight excluding hydrogens is 401 g/mol. The minimum Gasteiger partial charge on any atom is -0.497 e. The Balaban J connectivity index is 1.45. The minimum atomic E-state index is -1.17. The van der Waals surface area contributed by atoms with Gasteiger partial charge in [0.1, 0.15) is 17.7 Å². The number of carboxylic acids is 1. The first-order valence-electron chi connectivity index (χ1n) is 10.3. The normalized spacial score (nSPS) is 18.5. The van der Waals surface area contributed by atoms with Crippen LogP contribution in [0.2, 0.25) is 0 Å². The van der Waals surface area contributed by atoms with Crippen LogP contribution in [0.5, 0.6) is 11.6 Å². The summed E-state index contributed by atoms with van der Waals surface area (Å²) in [6, 6.07) is 14.1. The molecule has 7 nitrogen and oxygen atoms in total. The fraction of sp³-hybridized carbons (Fsp3) is 0.348. The SMILES string of the molecule is COc1ccc(Cn2nnc(C(=O)O)c2O[C@H]2CC[C@H](c3ccc(F)cc3)CC2)cc1. The predicted octanol–water partition coefficient (Wildman–Crippen LogP) is 4.28. The highest BCUT2D eigenvalue weighted by Crippen LogP contribution is 2.35. The van der Waals surface area contributed by atoms with Crippen LogP contribution < -0.4 is 9.47 Å². The summed E-state index contributed by atoms with van der Waals surface area (Å²) in [6.45, 7) is 0.338. The molecule has 0 aliphatic heterocycles. The van der Waals surface area contributed by atoms with Crippen molar-refractivity contribution in [3.8, 4) is 11.6 Å². The zero-order valence-corrected chi connectivity index (χ0v) is 17.2. The monoisotopic (exact) mass is 425 g/mol. The number of benzene rings is 2.